The molecule has 7 heteroatoms. The third kappa shape index (κ3) is 3.46. The molecule has 0 aliphatic rings. The SMILES string of the molecule is COC(=O)CC=Cc1cc(Cl)cc([N+](=O)[O-])c1O. The Hall–Kier alpha value is -2.08. The molecule has 1 N–H and O–H groups in total. The van der Waals surface area contributed by atoms with Gasteiger partial charge in [-0.05, 0) is 6.07 Å². The Bertz CT molecular complexity index is 512. The van der Waals surface area contributed by atoms with Gasteiger partial charge in [0.25, 0.3) is 0 Å². The predicted molar refractivity (Wildman–Crippen MR) is 65.4 cm³/mol. The summed E-state index contributed by atoms with van der Waals surface area (Å²) in [5.41, 5.74) is -0.321. The number of nitro groups is 1. The summed E-state index contributed by atoms with van der Waals surface area (Å²) in [7, 11) is 1.25. The largest absolute Gasteiger partial charge is 0.502 e. The zero-order chi connectivity index (χ0) is 13.7. The molecule has 0 amide bonds. The second kappa shape index (κ2) is 6.02. The first-order chi connectivity index (χ1) is 8.45. The van der Waals surface area contributed by atoms with E-state index in [4.69, 9.17) is 11.6 Å². The number of carbonyl (C=O) groups is 1. The number of carbonyl (C=O) groups excluding carboxylic acids is 1. The van der Waals surface area contributed by atoms with Crippen molar-refractivity contribution in [2.45, 2.75) is 6.42 Å². The standard InChI is InChI=1S/C11H10ClNO5/c1-18-10(14)4-2-3-7-5-8(12)6-9(11(7)15)13(16)17/h2-3,5-6,15H,4H2,1H3. The summed E-state index contributed by atoms with van der Waals surface area (Å²) in [4.78, 5) is 20.8. The van der Waals surface area contributed by atoms with Gasteiger partial charge in [0.15, 0.2) is 0 Å². The highest BCUT2D eigenvalue weighted by atomic mass is 35.5. The quantitative estimate of drug-likeness (QED) is 0.516. The fraction of sp³-hybridized carbons (Fsp3) is 0.182. The zero-order valence-electron chi connectivity index (χ0n) is 9.42. The van der Waals surface area contributed by atoms with E-state index in [-0.39, 0.29) is 17.0 Å². The summed E-state index contributed by atoms with van der Waals surface area (Å²) in [5.74, 6) is -0.951. The average Bonchev–Trinajstić information content (AvgIpc) is 2.32. The molecule has 0 atom stereocenters. The maximum absolute atomic E-state index is 10.9. The van der Waals surface area contributed by atoms with Gasteiger partial charge >= 0.3 is 11.7 Å². The van der Waals surface area contributed by atoms with E-state index < -0.39 is 22.3 Å². The molecule has 6 nitrogen and oxygen atoms in total. The van der Waals surface area contributed by atoms with Crippen molar-refractivity contribution >= 4 is 29.3 Å². The highest BCUT2D eigenvalue weighted by Crippen LogP contribution is 2.33. The van der Waals surface area contributed by atoms with Crippen LogP contribution in [0.3, 0.4) is 0 Å². The molecule has 0 saturated heterocycles. The van der Waals surface area contributed by atoms with E-state index in [1.807, 2.05) is 0 Å². The van der Waals surface area contributed by atoms with Gasteiger partial charge in [0, 0.05) is 16.7 Å². The Morgan fingerprint density at radius 1 is 1.61 bits per heavy atom. The molecule has 0 fully saturated rings. The molecule has 0 aliphatic carbocycles. The van der Waals surface area contributed by atoms with Gasteiger partial charge in [0.2, 0.25) is 5.75 Å². The Labute approximate surface area is 108 Å². The van der Waals surface area contributed by atoms with Gasteiger partial charge < -0.3 is 9.84 Å². The van der Waals surface area contributed by atoms with Crippen molar-refractivity contribution in [3.05, 3.63) is 38.9 Å². The van der Waals surface area contributed by atoms with Crippen LogP contribution in [-0.2, 0) is 9.53 Å². The van der Waals surface area contributed by atoms with E-state index in [1.165, 1.54) is 25.3 Å². The first-order valence-electron chi connectivity index (χ1n) is 4.86. The number of rotatable bonds is 4. The van der Waals surface area contributed by atoms with E-state index in [9.17, 15) is 20.0 Å². The molecule has 0 saturated carbocycles. The maximum Gasteiger partial charge on any atom is 0.312 e. The Balaban J connectivity index is 3.02. The van der Waals surface area contributed by atoms with Gasteiger partial charge in [0.1, 0.15) is 0 Å². The number of ether oxygens (including phenoxy) is 1. The molecule has 1 aromatic rings. The predicted octanol–water partition coefficient (Wildman–Crippen LogP) is 2.53. The second-order valence-corrected chi connectivity index (χ2v) is 3.74. The van der Waals surface area contributed by atoms with Gasteiger partial charge in [-0.25, -0.2) is 0 Å². The molecular formula is C11H10ClNO5. The van der Waals surface area contributed by atoms with Crippen LogP contribution >= 0.6 is 11.6 Å². The molecule has 0 unspecified atom stereocenters. The number of halogens is 1. The second-order valence-electron chi connectivity index (χ2n) is 3.30. The van der Waals surface area contributed by atoms with Crippen molar-refractivity contribution in [3.63, 3.8) is 0 Å². The van der Waals surface area contributed by atoms with Crippen molar-refractivity contribution in [1.29, 1.82) is 0 Å². The highest BCUT2D eigenvalue weighted by Gasteiger charge is 2.17. The van der Waals surface area contributed by atoms with Gasteiger partial charge in [-0.1, -0.05) is 23.8 Å². The van der Waals surface area contributed by atoms with E-state index in [1.54, 1.807) is 0 Å². The van der Waals surface area contributed by atoms with Crippen molar-refractivity contribution in [3.8, 4) is 5.75 Å². The number of hydrogen-bond donors (Lipinski definition) is 1. The summed E-state index contributed by atoms with van der Waals surface area (Å²) in [6.07, 6.45) is 2.78. The van der Waals surface area contributed by atoms with Crippen molar-refractivity contribution in [1.82, 2.24) is 0 Å². The molecule has 0 bridgehead atoms. The van der Waals surface area contributed by atoms with Gasteiger partial charge in [-0.15, -0.1) is 0 Å². The number of aromatic hydroxyl groups is 1. The minimum absolute atomic E-state index is 0.00372. The third-order valence-corrected chi connectivity index (χ3v) is 2.31. The molecule has 0 aliphatic heterocycles. The number of benzene rings is 1. The van der Waals surface area contributed by atoms with Crippen LogP contribution in [0.2, 0.25) is 5.02 Å². The van der Waals surface area contributed by atoms with Crippen LogP contribution in [0, 0.1) is 10.1 Å². The lowest BCUT2D eigenvalue weighted by Gasteiger charge is -2.01. The molecule has 96 valence electrons. The molecule has 18 heavy (non-hydrogen) atoms. The Morgan fingerprint density at radius 3 is 2.83 bits per heavy atom. The minimum atomic E-state index is -0.737. The number of nitrogens with zero attached hydrogens (tertiary/aromatic N) is 1. The van der Waals surface area contributed by atoms with Crippen LogP contribution in [0.4, 0.5) is 5.69 Å². The first kappa shape index (κ1) is 14.0. The van der Waals surface area contributed by atoms with E-state index in [2.05, 4.69) is 4.74 Å². The van der Waals surface area contributed by atoms with Crippen LogP contribution in [0.15, 0.2) is 18.2 Å². The van der Waals surface area contributed by atoms with E-state index >= 15 is 0 Å². The fourth-order valence-electron chi connectivity index (χ4n) is 1.24. The summed E-state index contributed by atoms with van der Waals surface area (Å²) in [6.45, 7) is 0. The van der Waals surface area contributed by atoms with Crippen molar-refractivity contribution < 1.29 is 19.6 Å². The molecule has 1 rings (SSSR count). The summed E-state index contributed by atoms with van der Waals surface area (Å²) in [6, 6.07) is 2.41. The Kier molecular flexibility index (Phi) is 4.67. The number of hydrogen-bond acceptors (Lipinski definition) is 5. The van der Waals surface area contributed by atoms with Crippen LogP contribution in [0.5, 0.6) is 5.75 Å². The summed E-state index contributed by atoms with van der Waals surface area (Å²) >= 11 is 5.69. The van der Waals surface area contributed by atoms with Crippen molar-refractivity contribution in [2.24, 2.45) is 0 Å². The van der Waals surface area contributed by atoms with Crippen LogP contribution in [0.25, 0.3) is 6.08 Å². The van der Waals surface area contributed by atoms with Crippen LogP contribution < -0.4 is 0 Å². The number of nitro benzene ring substituents is 1. The monoisotopic (exact) mass is 271 g/mol. The first-order valence-corrected chi connectivity index (χ1v) is 5.23. The molecule has 1 aromatic carbocycles. The summed E-state index contributed by atoms with van der Waals surface area (Å²) in [5, 5.41) is 20.4. The maximum atomic E-state index is 10.9. The average molecular weight is 272 g/mol. The molecule has 0 radical (unpaired) electrons. The Morgan fingerprint density at radius 2 is 2.28 bits per heavy atom. The fourth-order valence-corrected chi connectivity index (χ4v) is 1.46. The van der Waals surface area contributed by atoms with Gasteiger partial charge in [-0.2, -0.15) is 0 Å². The zero-order valence-corrected chi connectivity index (χ0v) is 10.2. The third-order valence-electron chi connectivity index (χ3n) is 2.09. The molecular weight excluding hydrogens is 262 g/mol. The van der Waals surface area contributed by atoms with Crippen LogP contribution in [-0.4, -0.2) is 23.1 Å². The lowest BCUT2D eigenvalue weighted by Crippen LogP contribution is -1.96. The van der Waals surface area contributed by atoms with Gasteiger partial charge in [0.05, 0.1) is 18.5 Å². The van der Waals surface area contributed by atoms with Crippen molar-refractivity contribution in [2.75, 3.05) is 7.11 Å². The number of methoxy groups -OCH3 is 1. The number of phenolic OH excluding ortho intramolecular Hbond substituents is 1. The minimum Gasteiger partial charge on any atom is -0.502 e. The van der Waals surface area contributed by atoms with Crippen LogP contribution in [0.1, 0.15) is 12.0 Å². The van der Waals surface area contributed by atoms with E-state index in [0.717, 1.165) is 6.07 Å². The van der Waals surface area contributed by atoms with Gasteiger partial charge in [-0.3, -0.25) is 14.9 Å². The van der Waals surface area contributed by atoms with E-state index in [0.29, 0.717) is 0 Å². The number of esters is 1. The molecule has 0 heterocycles. The lowest BCUT2D eigenvalue weighted by molar-refractivity contribution is -0.385. The molecule has 0 spiro atoms. The summed E-state index contributed by atoms with van der Waals surface area (Å²) < 4.78 is 4.42. The highest BCUT2D eigenvalue weighted by molar-refractivity contribution is 6.31. The smallest absolute Gasteiger partial charge is 0.312 e. The number of phenols is 1. The lowest BCUT2D eigenvalue weighted by atomic mass is 10.1. The normalized spacial score (nSPS) is 10.6. The topological polar surface area (TPSA) is 89.7 Å². The molecule has 0 aromatic heterocycles.